The second-order valence-corrected chi connectivity index (χ2v) is 7.63. The van der Waals surface area contributed by atoms with Crippen LogP contribution in [-0.2, 0) is 11.3 Å². The van der Waals surface area contributed by atoms with E-state index in [2.05, 4.69) is 36.2 Å². The molecule has 4 aromatic heterocycles. The number of anilines is 2. The van der Waals surface area contributed by atoms with E-state index in [1.54, 1.807) is 30.9 Å². The van der Waals surface area contributed by atoms with Gasteiger partial charge < -0.3 is 14.8 Å². The number of aromatic nitrogens is 5. The molecule has 1 fully saturated rings. The lowest BCUT2D eigenvalue weighted by Gasteiger charge is -2.29. The first-order valence-electron chi connectivity index (χ1n) is 10.5. The molecule has 156 valence electrons. The first-order chi connectivity index (χ1) is 15.3. The number of nitrogens with one attached hydrogen (secondary N) is 1. The SMILES string of the molecule is O=C(Cn1ccc2c(N3CCCCC3)ccnc21)Nc1ccc(-c2cnccn2)cn1. The van der Waals surface area contributed by atoms with Gasteiger partial charge in [0.1, 0.15) is 18.0 Å². The number of amides is 1. The summed E-state index contributed by atoms with van der Waals surface area (Å²) >= 11 is 0. The second-order valence-electron chi connectivity index (χ2n) is 7.63. The molecule has 8 nitrogen and oxygen atoms in total. The molecule has 1 aliphatic heterocycles. The van der Waals surface area contributed by atoms with Crippen molar-refractivity contribution in [2.24, 2.45) is 0 Å². The zero-order chi connectivity index (χ0) is 21.0. The zero-order valence-electron chi connectivity index (χ0n) is 17.1. The molecular weight excluding hydrogens is 390 g/mol. The van der Waals surface area contributed by atoms with E-state index in [4.69, 9.17) is 0 Å². The molecule has 0 saturated carbocycles. The topological polar surface area (TPSA) is 88.8 Å². The molecule has 31 heavy (non-hydrogen) atoms. The van der Waals surface area contributed by atoms with Gasteiger partial charge in [-0.3, -0.25) is 14.8 Å². The molecule has 1 amide bonds. The van der Waals surface area contributed by atoms with Gasteiger partial charge in [0, 0.05) is 60.7 Å². The minimum absolute atomic E-state index is 0.151. The zero-order valence-corrected chi connectivity index (χ0v) is 17.1. The molecule has 0 bridgehead atoms. The van der Waals surface area contributed by atoms with E-state index < -0.39 is 0 Å². The Hall–Kier alpha value is -3.81. The molecule has 4 aromatic rings. The van der Waals surface area contributed by atoms with E-state index in [1.807, 2.05) is 29.1 Å². The number of fused-ring (bicyclic) bond motifs is 1. The summed E-state index contributed by atoms with van der Waals surface area (Å²) in [5.41, 5.74) is 3.61. The molecule has 1 aliphatic rings. The van der Waals surface area contributed by atoms with Crippen LogP contribution in [0.15, 0.2) is 61.4 Å². The van der Waals surface area contributed by atoms with Gasteiger partial charge in [-0.1, -0.05) is 0 Å². The normalized spacial score (nSPS) is 14.0. The third kappa shape index (κ3) is 4.09. The molecule has 8 heteroatoms. The largest absolute Gasteiger partial charge is 0.371 e. The fraction of sp³-hybridized carbons (Fsp3) is 0.261. The maximum absolute atomic E-state index is 12.6. The van der Waals surface area contributed by atoms with Crippen LogP contribution in [0.3, 0.4) is 0 Å². The Bertz CT molecular complexity index is 1180. The molecule has 0 radical (unpaired) electrons. The number of piperidine rings is 1. The van der Waals surface area contributed by atoms with Crippen LogP contribution in [0.1, 0.15) is 19.3 Å². The van der Waals surface area contributed by atoms with Crippen molar-refractivity contribution in [3.8, 4) is 11.3 Å². The first-order valence-corrected chi connectivity index (χ1v) is 10.5. The summed E-state index contributed by atoms with van der Waals surface area (Å²) in [6.45, 7) is 2.32. The number of pyridine rings is 2. The quantitative estimate of drug-likeness (QED) is 0.539. The minimum Gasteiger partial charge on any atom is -0.371 e. The average molecular weight is 413 g/mol. The Morgan fingerprint density at radius 1 is 0.935 bits per heavy atom. The Morgan fingerprint density at radius 3 is 2.61 bits per heavy atom. The van der Waals surface area contributed by atoms with Crippen molar-refractivity contribution in [2.75, 3.05) is 23.3 Å². The van der Waals surface area contributed by atoms with Crippen LogP contribution in [0.4, 0.5) is 11.5 Å². The van der Waals surface area contributed by atoms with E-state index in [1.165, 1.54) is 24.9 Å². The Balaban J connectivity index is 1.29. The number of hydrogen-bond donors (Lipinski definition) is 1. The first kappa shape index (κ1) is 19.2. The number of carbonyl (C=O) groups is 1. The van der Waals surface area contributed by atoms with Crippen molar-refractivity contribution >= 4 is 28.4 Å². The highest BCUT2D eigenvalue weighted by Crippen LogP contribution is 2.28. The van der Waals surface area contributed by atoms with Crippen LogP contribution in [0.2, 0.25) is 0 Å². The molecule has 0 aromatic carbocycles. The van der Waals surface area contributed by atoms with Crippen molar-refractivity contribution in [3.63, 3.8) is 0 Å². The van der Waals surface area contributed by atoms with Gasteiger partial charge >= 0.3 is 0 Å². The van der Waals surface area contributed by atoms with Gasteiger partial charge in [0.05, 0.1) is 11.9 Å². The molecule has 1 saturated heterocycles. The van der Waals surface area contributed by atoms with Gasteiger partial charge in [-0.2, -0.15) is 0 Å². The summed E-state index contributed by atoms with van der Waals surface area (Å²) in [4.78, 5) is 32.2. The van der Waals surface area contributed by atoms with Gasteiger partial charge in [0.15, 0.2) is 0 Å². The van der Waals surface area contributed by atoms with Crippen LogP contribution in [0.5, 0.6) is 0 Å². The van der Waals surface area contributed by atoms with E-state index in [0.717, 1.165) is 35.4 Å². The Labute approximate surface area is 180 Å². The van der Waals surface area contributed by atoms with E-state index in [-0.39, 0.29) is 12.5 Å². The van der Waals surface area contributed by atoms with E-state index in [9.17, 15) is 4.79 Å². The number of rotatable bonds is 5. The molecule has 5 heterocycles. The van der Waals surface area contributed by atoms with Gasteiger partial charge in [0.25, 0.3) is 0 Å². The highest BCUT2D eigenvalue weighted by atomic mass is 16.2. The van der Waals surface area contributed by atoms with Crippen LogP contribution < -0.4 is 10.2 Å². The molecule has 0 unspecified atom stereocenters. The summed E-state index contributed by atoms with van der Waals surface area (Å²) < 4.78 is 1.88. The van der Waals surface area contributed by atoms with Crippen molar-refractivity contribution < 1.29 is 4.79 Å². The predicted octanol–water partition coefficient (Wildman–Crippen LogP) is 3.52. The standard InChI is InChI=1S/C23H23N7O/c31-22(28-21-5-4-17(14-27-21)19-15-24-9-10-25-19)16-30-13-7-18-20(6-8-26-23(18)30)29-11-2-1-3-12-29/h4-10,13-15H,1-3,11-12,16H2,(H,27,28,31). The summed E-state index contributed by atoms with van der Waals surface area (Å²) in [5.74, 6) is 0.346. The van der Waals surface area contributed by atoms with Crippen LogP contribution >= 0.6 is 0 Å². The maximum atomic E-state index is 12.6. The van der Waals surface area contributed by atoms with Crippen molar-refractivity contribution in [1.82, 2.24) is 24.5 Å². The van der Waals surface area contributed by atoms with Gasteiger partial charge in [-0.15, -0.1) is 0 Å². The Kier molecular flexibility index (Phi) is 5.26. The van der Waals surface area contributed by atoms with E-state index in [0.29, 0.717) is 5.82 Å². The van der Waals surface area contributed by atoms with E-state index >= 15 is 0 Å². The third-order valence-corrected chi connectivity index (χ3v) is 5.54. The second kappa shape index (κ2) is 8.51. The number of nitrogens with zero attached hydrogens (tertiary/aromatic N) is 6. The van der Waals surface area contributed by atoms with Gasteiger partial charge in [-0.25, -0.2) is 9.97 Å². The van der Waals surface area contributed by atoms with Crippen LogP contribution in [0, 0.1) is 0 Å². The lowest BCUT2D eigenvalue weighted by Crippen LogP contribution is -2.29. The van der Waals surface area contributed by atoms with Gasteiger partial charge in [-0.05, 0) is 43.5 Å². The smallest absolute Gasteiger partial charge is 0.245 e. The van der Waals surface area contributed by atoms with Crippen molar-refractivity contribution in [2.45, 2.75) is 25.8 Å². The molecule has 5 rings (SSSR count). The van der Waals surface area contributed by atoms with Crippen LogP contribution in [-0.4, -0.2) is 43.5 Å². The highest BCUT2D eigenvalue weighted by molar-refractivity contribution is 5.93. The lowest BCUT2D eigenvalue weighted by atomic mass is 10.1. The highest BCUT2D eigenvalue weighted by Gasteiger charge is 2.16. The molecule has 1 N–H and O–H groups in total. The van der Waals surface area contributed by atoms with Crippen molar-refractivity contribution in [3.05, 3.63) is 61.4 Å². The summed E-state index contributed by atoms with van der Waals surface area (Å²) in [5, 5.41) is 3.94. The van der Waals surface area contributed by atoms with Crippen LogP contribution in [0.25, 0.3) is 22.3 Å². The van der Waals surface area contributed by atoms with Crippen molar-refractivity contribution in [1.29, 1.82) is 0 Å². The average Bonchev–Trinajstić information content (AvgIpc) is 3.23. The summed E-state index contributed by atoms with van der Waals surface area (Å²) in [6.07, 6.45) is 14.1. The third-order valence-electron chi connectivity index (χ3n) is 5.54. The summed E-state index contributed by atoms with van der Waals surface area (Å²) in [6, 6.07) is 7.75. The molecule has 0 atom stereocenters. The van der Waals surface area contributed by atoms with Gasteiger partial charge in [0.2, 0.25) is 5.91 Å². The molecular formula is C23H23N7O. The number of carbonyl (C=O) groups excluding carboxylic acids is 1. The number of hydrogen-bond acceptors (Lipinski definition) is 6. The lowest BCUT2D eigenvalue weighted by molar-refractivity contribution is -0.116. The minimum atomic E-state index is -0.151. The fourth-order valence-corrected chi connectivity index (χ4v) is 4.02. The Morgan fingerprint density at radius 2 is 1.84 bits per heavy atom. The predicted molar refractivity (Wildman–Crippen MR) is 120 cm³/mol. The monoisotopic (exact) mass is 413 g/mol. The summed E-state index contributed by atoms with van der Waals surface area (Å²) in [7, 11) is 0. The maximum Gasteiger partial charge on any atom is 0.245 e. The molecule has 0 spiro atoms. The fourth-order valence-electron chi connectivity index (χ4n) is 4.02. The molecule has 0 aliphatic carbocycles.